The fraction of sp³-hybridized carbons (Fsp3) is 0.222. The molecule has 3 heteroatoms. The molecule has 6 rings (SSSR count). The molecule has 39 heavy (non-hydrogen) atoms. The van der Waals surface area contributed by atoms with Crippen LogP contribution in [0.25, 0.3) is 0 Å². The molecule has 1 N–H and O–H groups in total. The number of fused-ring (bicyclic) bond motifs is 1. The molecule has 0 spiro atoms. The second kappa shape index (κ2) is 10.4. The predicted octanol–water partition coefficient (Wildman–Crippen LogP) is 5.64. The van der Waals surface area contributed by atoms with Gasteiger partial charge in [-0.15, -0.1) is 0 Å². The molecule has 196 valence electrons. The minimum absolute atomic E-state index is 0.121. The SMILES string of the molecule is C[Si](/C=C1\CCC2(O)CC/C(=C\[Si](C)(c3ccccc3)c3ccccc3)C12)(c1ccccc1)c1ccccc1. The van der Waals surface area contributed by atoms with E-state index in [1.807, 2.05) is 0 Å². The van der Waals surface area contributed by atoms with Gasteiger partial charge in [0.15, 0.2) is 0 Å². The van der Waals surface area contributed by atoms with Gasteiger partial charge < -0.3 is 5.11 Å². The van der Waals surface area contributed by atoms with E-state index in [2.05, 4.69) is 146 Å². The maximum absolute atomic E-state index is 12.0. The first-order valence-electron chi connectivity index (χ1n) is 14.3. The van der Waals surface area contributed by atoms with Crippen LogP contribution in [0, 0.1) is 5.92 Å². The smallest absolute Gasteiger partial charge is 0.138 e. The number of hydrogen-bond donors (Lipinski definition) is 1. The Morgan fingerprint density at radius 3 is 1.10 bits per heavy atom. The van der Waals surface area contributed by atoms with Gasteiger partial charge in [0, 0.05) is 5.92 Å². The molecule has 0 radical (unpaired) electrons. The van der Waals surface area contributed by atoms with Crippen LogP contribution in [0.2, 0.25) is 13.1 Å². The largest absolute Gasteiger partial charge is 0.389 e. The Bertz CT molecular complexity index is 1290. The summed E-state index contributed by atoms with van der Waals surface area (Å²) in [7, 11) is -4.33. The molecule has 0 atom stereocenters. The first-order chi connectivity index (χ1) is 18.9. The lowest BCUT2D eigenvalue weighted by Gasteiger charge is -2.31. The molecular weight excluding hydrogens is 505 g/mol. The molecule has 1 nitrogen and oxygen atoms in total. The monoisotopic (exact) mass is 542 g/mol. The summed E-state index contributed by atoms with van der Waals surface area (Å²) < 4.78 is 0. The van der Waals surface area contributed by atoms with Gasteiger partial charge in [0.05, 0.1) is 5.60 Å². The average Bonchev–Trinajstić information content (AvgIpc) is 3.49. The fourth-order valence-corrected chi connectivity index (χ4v) is 14.2. The highest BCUT2D eigenvalue weighted by Gasteiger charge is 2.51. The molecule has 0 bridgehead atoms. The van der Waals surface area contributed by atoms with Crippen LogP contribution in [0.5, 0.6) is 0 Å². The zero-order valence-electron chi connectivity index (χ0n) is 23.1. The lowest BCUT2D eigenvalue weighted by Crippen LogP contribution is -2.55. The molecule has 0 aliphatic heterocycles. The number of rotatable bonds is 6. The number of hydrogen-bond acceptors (Lipinski definition) is 1. The summed E-state index contributed by atoms with van der Waals surface area (Å²) in [6.07, 6.45) is 3.69. The first-order valence-corrected chi connectivity index (χ1v) is 19.5. The Hall–Kier alpha value is -3.25. The van der Waals surface area contributed by atoms with Crippen LogP contribution in [0.1, 0.15) is 25.7 Å². The maximum atomic E-state index is 12.0. The number of aliphatic hydroxyl groups is 1. The summed E-state index contributed by atoms with van der Waals surface area (Å²) in [6.45, 7) is 4.96. The zero-order valence-corrected chi connectivity index (χ0v) is 25.1. The molecule has 0 unspecified atom stereocenters. The summed E-state index contributed by atoms with van der Waals surface area (Å²) in [4.78, 5) is 0. The molecule has 0 amide bonds. The highest BCUT2D eigenvalue weighted by Crippen LogP contribution is 2.53. The highest BCUT2D eigenvalue weighted by molar-refractivity contribution is 7.05. The molecule has 0 heterocycles. The van der Waals surface area contributed by atoms with Gasteiger partial charge in [-0.25, -0.2) is 0 Å². The summed E-state index contributed by atoms with van der Waals surface area (Å²) >= 11 is 0. The van der Waals surface area contributed by atoms with Crippen LogP contribution in [0.15, 0.2) is 144 Å². The van der Waals surface area contributed by atoms with Crippen molar-refractivity contribution in [1.29, 1.82) is 0 Å². The lowest BCUT2D eigenvalue weighted by molar-refractivity contribution is 0.0342. The van der Waals surface area contributed by atoms with Gasteiger partial charge in [-0.3, -0.25) is 0 Å². The molecule has 4 aromatic rings. The Morgan fingerprint density at radius 1 is 0.538 bits per heavy atom. The quantitative estimate of drug-likeness (QED) is 0.313. The molecule has 0 saturated heterocycles. The van der Waals surface area contributed by atoms with Crippen molar-refractivity contribution < 1.29 is 5.11 Å². The van der Waals surface area contributed by atoms with E-state index in [-0.39, 0.29) is 5.92 Å². The van der Waals surface area contributed by atoms with E-state index < -0.39 is 21.7 Å². The third-order valence-corrected chi connectivity index (χ3v) is 17.4. The lowest BCUT2D eigenvalue weighted by atomic mass is 9.91. The van der Waals surface area contributed by atoms with Gasteiger partial charge >= 0.3 is 0 Å². The molecule has 2 fully saturated rings. The van der Waals surface area contributed by atoms with Gasteiger partial charge in [0.2, 0.25) is 0 Å². The normalized spacial score (nSPS) is 23.3. The van der Waals surface area contributed by atoms with Crippen LogP contribution in [-0.2, 0) is 0 Å². The van der Waals surface area contributed by atoms with Crippen molar-refractivity contribution in [3.05, 3.63) is 144 Å². The summed E-state index contributed by atoms with van der Waals surface area (Å²) in [5.41, 5.74) is 7.58. The molecule has 2 aliphatic carbocycles. The Labute approximate surface area is 235 Å². The first kappa shape index (κ1) is 26.0. The average molecular weight is 543 g/mol. The van der Waals surface area contributed by atoms with E-state index >= 15 is 0 Å². The Kier molecular flexibility index (Phi) is 6.92. The summed E-state index contributed by atoms with van der Waals surface area (Å²) in [5.74, 6) is 0.121. The van der Waals surface area contributed by atoms with Crippen molar-refractivity contribution in [3.63, 3.8) is 0 Å². The van der Waals surface area contributed by atoms with E-state index in [1.54, 1.807) is 0 Å². The van der Waals surface area contributed by atoms with E-state index in [1.165, 1.54) is 31.9 Å². The van der Waals surface area contributed by atoms with E-state index in [9.17, 15) is 5.11 Å². The third kappa shape index (κ3) is 4.73. The van der Waals surface area contributed by atoms with Crippen LogP contribution in [0.4, 0.5) is 0 Å². The third-order valence-electron chi connectivity index (χ3n) is 9.41. The molecule has 2 aliphatic rings. The van der Waals surface area contributed by atoms with E-state index in [0.717, 1.165) is 25.7 Å². The van der Waals surface area contributed by atoms with E-state index in [0.29, 0.717) is 0 Å². The minimum Gasteiger partial charge on any atom is -0.389 e. The van der Waals surface area contributed by atoms with Crippen molar-refractivity contribution in [2.75, 3.05) is 0 Å². The highest BCUT2D eigenvalue weighted by atomic mass is 28.3. The molecule has 0 aromatic heterocycles. The standard InChI is InChI=1S/C36H38OSi2/c1-38(31-15-7-3-8-16-31,32-17-9-4-10-18-32)27-29-23-25-36(37)26-24-30(35(29)36)28-39(2,33-19-11-5-12-20-33)34-21-13-6-14-22-34/h3-22,27-28,35,37H,23-26H2,1-2H3/b29-27+,30-28+. The van der Waals surface area contributed by atoms with Crippen molar-refractivity contribution in [3.8, 4) is 0 Å². The minimum atomic E-state index is -2.16. The van der Waals surface area contributed by atoms with Gasteiger partial charge in [0.1, 0.15) is 16.1 Å². The second-order valence-electron chi connectivity index (χ2n) is 11.8. The van der Waals surface area contributed by atoms with Crippen molar-refractivity contribution >= 4 is 36.9 Å². The van der Waals surface area contributed by atoms with Crippen molar-refractivity contribution in [1.82, 2.24) is 0 Å². The van der Waals surface area contributed by atoms with Gasteiger partial charge in [-0.2, -0.15) is 0 Å². The van der Waals surface area contributed by atoms with Gasteiger partial charge in [0.25, 0.3) is 0 Å². The van der Waals surface area contributed by atoms with Gasteiger partial charge in [-0.1, -0.05) is 178 Å². The second-order valence-corrected chi connectivity index (χ2v) is 19.5. The number of benzene rings is 4. The van der Waals surface area contributed by atoms with Crippen molar-refractivity contribution in [2.45, 2.75) is 44.4 Å². The van der Waals surface area contributed by atoms with Crippen LogP contribution < -0.4 is 20.7 Å². The molecule has 2 saturated carbocycles. The molecule has 4 aromatic carbocycles. The summed E-state index contributed by atoms with van der Waals surface area (Å²) in [6, 6.07) is 44.2. The predicted molar refractivity (Wildman–Crippen MR) is 171 cm³/mol. The zero-order chi connectivity index (χ0) is 26.9. The van der Waals surface area contributed by atoms with Crippen molar-refractivity contribution in [2.24, 2.45) is 5.92 Å². The summed E-state index contributed by atoms with van der Waals surface area (Å²) in [5, 5.41) is 17.7. The fourth-order valence-electron chi connectivity index (χ4n) is 7.21. The van der Waals surface area contributed by atoms with Crippen LogP contribution in [-0.4, -0.2) is 26.9 Å². The molecular formula is C36H38OSi2. The Morgan fingerprint density at radius 2 is 0.821 bits per heavy atom. The Balaban J connectivity index is 1.49. The topological polar surface area (TPSA) is 20.2 Å². The van der Waals surface area contributed by atoms with Crippen LogP contribution >= 0.6 is 0 Å². The van der Waals surface area contributed by atoms with Gasteiger partial charge in [-0.05, 0) is 25.7 Å². The maximum Gasteiger partial charge on any atom is 0.138 e. The van der Waals surface area contributed by atoms with E-state index in [4.69, 9.17) is 0 Å². The van der Waals surface area contributed by atoms with Crippen LogP contribution in [0.3, 0.4) is 0 Å².